The zero-order valence-electron chi connectivity index (χ0n) is 10.6. The molecule has 2 N–H and O–H groups in total. The average Bonchev–Trinajstić information content (AvgIpc) is 2.89. The number of nitrogens with zero attached hydrogens (tertiary/aromatic N) is 1. The predicted molar refractivity (Wildman–Crippen MR) is 70.4 cm³/mol. The van der Waals surface area contributed by atoms with E-state index in [0.29, 0.717) is 12.1 Å². The van der Waals surface area contributed by atoms with E-state index in [-0.39, 0.29) is 12.5 Å². The Bertz CT molecular complexity index is 401. The molecule has 0 saturated carbocycles. The molecule has 98 valence electrons. The average molecular weight is 248 g/mol. The van der Waals surface area contributed by atoms with Crippen molar-refractivity contribution in [1.82, 2.24) is 10.2 Å². The normalized spacial score (nSPS) is 15.8. The summed E-state index contributed by atoms with van der Waals surface area (Å²) < 4.78 is 0. The van der Waals surface area contributed by atoms with Gasteiger partial charge in [0.2, 0.25) is 0 Å². The molecule has 4 nitrogen and oxygen atoms in total. The van der Waals surface area contributed by atoms with Crippen LogP contribution in [0.25, 0.3) is 0 Å². The highest BCUT2D eigenvalue weighted by molar-refractivity contribution is 5.94. The van der Waals surface area contributed by atoms with Crippen LogP contribution < -0.4 is 5.32 Å². The molecule has 18 heavy (non-hydrogen) atoms. The second-order valence-corrected chi connectivity index (χ2v) is 4.66. The molecule has 1 heterocycles. The lowest BCUT2D eigenvalue weighted by Gasteiger charge is -2.15. The van der Waals surface area contributed by atoms with Crippen LogP contribution in [0, 0.1) is 0 Å². The number of hydrogen-bond donors (Lipinski definition) is 2. The van der Waals surface area contributed by atoms with Gasteiger partial charge in [0.15, 0.2) is 0 Å². The molecule has 1 aromatic carbocycles. The first kappa shape index (κ1) is 13.1. The minimum atomic E-state index is -0.118. The molecule has 1 fully saturated rings. The van der Waals surface area contributed by atoms with Gasteiger partial charge < -0.3 is 10.4 Å². The topological polar surface area (TPSA) is 52.6 Å². The molecule has 1 aliphatic heterocycles. The van der Waals surface area contributed by atoms with Gasteiger partial charge in [-0.3, -0.25) is 9.69 Å². The Morgan fingerprint density at radius 3 is 2.83 bits per heavy atom. The van der Waals surface area contributed by atoms with E-state index in [2.05, 4.69) is 16.3 Å². The third-order valence-electron chi connectivity index (χ3n) is 3.19. The number of benzene rings is 1. The van der Waals surface area contributed by atoms with Crippen molar-refractivity contribution >= 4 is 5.91 Å². The fourth-order valence-corrected chi connectivity index (χ4v) is 2.28. The summed E-state index contributed by atoms with van der Waals surface area (Å²) in [5.41, 5.74) is 1.84. The summed E-state index contributed by atoms with van der Waals surface area (Å²) in [5.74, 6) is -0.118. The summed E-state index contributed by atoms with van der Waals surface area (Å²) >= 11 is 0. The van der Waals surface area contributed by atoms with Crippen LogP contribution in [0.2, 0.25) is 0 Å². The smallest absolute Gasteiger partial charge is 0.251 e. The predicted octanol–water partition coefficient (Wildman–Crippen LogP) is 1.00. The molecule has 0 atom stereocenters. The van der Waals surface area contributed by atoms with Crippen LogP contribution in [-0.4, -0.2) is 42.2 Å². The van der Waals surface area contributed by atoms with Gasteiger partial charge in [-0.25, -0.2) is 0 Å². The number of likely N-dealkylation sites (tertiary alicyclic amines) is 1. The lowest BCUT2D eigenvalue weighted by atomic mass is 10.1. The van der Waals surface area contributed by atoms with Crippen molar-refractivity contribution in [2.75, 3.05) is 26.2 Å². The number of nitrogens with one attached hydrogen (secondary N) is 1. The van der Waals surface area contributed by atoms with Gasteiger partial charge in [0.25, 0.3) is 5.91 Å². The van der Waals surface area contributed by atoms with E-state index in [1.807, 2.05) is 12.1 Å². The zero-order chi connectivity index (χ0) is 12.8. The maximum atomic E-state index is 11.8. The summed E-state index contributed by atoms with van der Waals surface area (Å²) in [6, 6.07) is 7.71. The molecule has 1 aliphatic rings. The van der Waals surface area contributed by atoms with Gasteiger partial charge >= 0.3 is 0 Å². The molecule has 1 saturated heterocycles. The van der Waals surface area contributed by atoms with Crippen LogP contribution in [-0.2, 0) is 6.54 Å². The number of amides is 1. The van der Waals surface area contributed by atoms with Crippen molar-refractivity contribution in [3.05, 3.63) is 35.4 Å². The highest BCUT2D eigenvalue weighted by Crippen LogP contribution is 2.13. The van der Waals surface area contributed by atoms with E-state index >= 15 is 0 Å². The highest BCUT2D eigenvalue weighted by Gasteiger charge is 2.12. The Kier molecular flexibility index (Phi) is 4.73. The third kappa shape index (κ3) is 3.55. The van der Waals surface area contributed by atoms with Gasteiger partial charge in [-0.15, -0.1) is 0 Å². The first-order valence-electron chi connectivity index (χ1n) is 6.50. The first-order chi connectivity index (χ1) is 8.79. The molecule has 0 spiro atoms. The van der Waals surface area contributed by atoms with Crippen molar-refractivity contribution in [2.24, 2.45) is 0 Å². The summed E-state index contributed by atoms with van der Waals surface area (Å²) in [4.78, 5) is 14.2. The molecule has 0 bridgehead atoms. The SMILES string of the molecule is O=C(NCCO)c1cccc(CN2CCCC2)c1. The summed E-state index contributed by atoms with van der Waals surface area (Å²) in [7, 11) is 0. The van der Waals surface area contributed by atoms with Crippen LogP contribution in [0.4, 0.5) is 0 Å². The molecule has 0 radical (unpaired) electrons. The molecule has 4 heteroatoms. The Morgan fingerprint density at radius 1 is 1.33 bits per heavy atom. The van der Waals surface area contributed by atoms with Gasteiger partial charge in [-0.2, -0.15) is 0 Å². The number of hydrogen-bond acceptors (Lipinski definition) is 3. The fraction of sp³-hybridized carbons (Fsp3) is 0.500. The minimum Gasteiger partial charge on any atom is -0.395 e. The van der Waals surface area contributed by atoms with Crippen molar-refractivity contribution in [3.63, 3.8) is 0 Å². The molecule has 0 aromatic heterocycles. The molecule has 0 aliphatic carbocycles. The van der Waals surface area contributed by atoms with Gasteiger partial charge in [-0.05, 0) is 43.6 Å². The highest BCUT2D eigenvalue weighted by atomic mass is 16.3. The standard InChI is InChI=1S/C14H20N2O2/c17-9-6-15-14(18)13-5-3-4-12(10-13)11-16-7-1-2-8-16/h3-5,10,17H,1-2,6-9,11H2,(H,15,18). The van der Waals surface area contributed by atoms with Crippen molar-refractivity contribution in [2.45, 2.75) is 19.4 Å². The van der Waals surface area contributed by atoms with E-state index in [1.165, 1.54) is 18.4 Å². The second-order valence-electron chi connectivity index (χ2n) is 4.66. The molecule has 1 amide bonds. The van der Waals surface area contributed by atoms with Crippen molar-refractivity contribution < 1.29 is 9.90 Å². The fourth-order valence-electron chi connectivity index (χ4n) is 2.28. The number of carbonyl (C=O) groups is 1. The van der Waals surface area contributed by atoms with Crippen LogP contribution >= 0.6 is 0 Å². The molecule has 0 unspecified atom stereocenters. The molecular weight excluding hydrogens is 228 g/mol. The first-order valence-corrected chi connectivity index (χ1v) is 6.50. The maximum absolute atomic E-state index is 11.8. The number of aliphatic hydroxyl groups is 1. The van der Waals surface area contributed by atoms with Crippen LogP contribution in [0.5, 0.6) is 0 Å². The van der Waals surface area contributed by atoms with Gasteiger partial charge in [0.05, 0.1) is 6.61 Å². The Labute approximate surface area is 108 Å². The Morgan fingerprint density at radius 2 is 2.11 bits per heavy atom. The molecule has 1 aromatic rings. The van der Waals surface area contributed by atoms with Crippen molar-refractivity contribution in [3.8, 4) is 0 Å². The molecular formula is C14H20N2O2. The summed E-state index contributed by atoms with van der Waals surface area (Å²) in [6.07, 6.45) is 2.55. The maximum Gasteiger partial charge on any atom is 0.251 e. The van der Waals surface area contributed by atoms with E-state index in [4.69, 9.17) is 5.11 Å². The van der Waals surface area contributed by atoms with Crippen LogP contribution in [0.15, 0.2) is 24.3 Å². The van der Waals surface area contributed by atoms with Crippen molar-refractivity contribution in [1.29, 1.82) is 0 Å². The quantitative estimate of drug-likeness (QED) is 0.817. The van der Waals surface area contributed by atoms with Crippen LogP contribution in [0.1, 0.15) is 28.8 Å². The summed E-state index contributed by atoms with van der Waals surface area (Å²) in [6.45, 7) is 3.50. The molecule has 2 rings (SSSR count). The zero-order valence-corrected chi connectivity index (χ0v) is 10.6. The second kappa shape index (κ2) is 6.52. The summed E-state index contributed by atoms with van der Waals surface area (Å²) in [5, 5.41) is 11.4. The van der Waals surface area contributed by atoms with Gasteiger partial charge in [0.1, 0.15) is 0 Å². The lowest BCUT2D eigenvalue weighted by Crippen LogP contribution is -2.26. The number of rotatable bonds is 5. The minimum absolute atomic E-state index is 0.0286. The van der Waals surface area contributed by atoms with Gasteiger partial charge in [-0.1, -0.05) is 12.1 Å². The van der Waals surface area contributed by atoms with E-state index in [9.17, 15) is 4.79 Å². The van der Waals surface area contributed by atoms with E-state index < -0.39 is 0 Å². The van der Waals surface area contributed by atoms with Crippen LogP contribution in [0.3, 0.4) is 0 Å². The third-order valence-corrected chi connectivity index (χ3v) is 3.19. The number of aliphatic hydroxyl groups excluding tert-OH is 1. The lowest BCUT2D eigenvalue weighted by molar-refractivity contribution is 0.0944. The monoisotopic (exact) mass is 248 g/mol. The largest absolute Gasteiger partial charge is 0.395 e. The van der Waals surface area contributed by atoms with E-state index in [0.717, 1.165) is 19.6 Å². The Balaban J connectivity index is 1.97. The van der Waals surface area contributed by atoms with Gasteiger partial charge in [0, 0.05) is 18.7 Å². The van der Waals surface area contributed by atoms with E-state index in [1.54, 1.807) is 6.07 Å². The number of carbonyl (C=O) groups excluding carboxylic acids is 1. The Hall–Kier alpha value is -1.39.